The van der Waals surface area contributed by atoms with Crippen molar-refractivity contribution in [3.05, 3.63) is 30.3 Å². The molecule has 1 aromatic carbocycles. The summed E-state index contributed by atoms with van der Waals surface area (Å²) in [5.74, 6) is 0.189. The molecule has 1 amide bonds. The highest BCUT2D eigenvalue weighted by atomic mass is 35.5. The first-order valence-electron chi connectivity index (χ1n) is 7.70. The zero-order valence-corrected chi connectivity index (χ0v) is 14.9. The predicted molar refractivity (Wildman–Crippen MR) is 94.0 cm³/mol. The van der Waals surface area contributed by atoms with Gasteiger partial charge in [-0.15, -0.1) is 23.2 Å². The van der Waals surface area contributed by atoms with E-state index in [-0.39, 0.29) is 29.3 Å². The van der Waals surface area contributed by atoms with Gasteiger partial charge in [0.2, 0.25) is 5.91 Å². The van der Waals surface area contributed by atoms with Gasteiger partial charge in [-0.05, 0) is 39.1 Å². The molecular formula is C17H24Cl2N2O. The smallest absolute Gasteiger partial charge is 0.231 e. The molecule has 1 aromatic rings. The van der Waals surface area contributed by atoms with Crippen LogP contribution in [0.3, 0.4) is 0 Å². The maximum absolute atomic E-state index is 12.9. The Labute approximate surface area is 143 Å². The molecule has 1 fully saturated rings. The van der Waals surface area contributed by atoms with Gasteiger partial charge < -0.3 is 9.80 Å². The summed E-state index contributed by atoms with van der Waals surface area (Å²) in [5, 5.41) is 0.0997. The number of para-hydroxylation sites is 1. The van der Waals surface area contributed by atoms with Gasteiger partial charge in [0.15, 0.2) is 0 Å². The summed E-state index contributed by atoms with van der Waals surface area (Å²) in [6.45, 7) is 1.88. The molecule has 1 saturated carbocycles. The molecule has 5 heteroatoms. The highest BCUT2D eigenvalue weighted by molar-refractivity contribution is 6.21. The molecule has 0 bridgehead atoms. The molecule has 122 valence electrons. The number of hydrogen-bond donors (Lipinski definition) is 0. The first kappa shape index (κ1) is 17.6. The van der Waals surface area contributed by atoms with Crippen molar-refractivity contribution in [1.82, 2.24) is 4.90 Å². The van der Waals surface area contributed by atoms with Gasteiger partial charge in [0, 0.05) is 28.9 Å². The molecule has 22 heavy (non-hydrogen) atoms. The fraction of sp³-hybridized carbons (Fsp3) is 0.588. The third-order valence-electron chi connectivity index (χ3n) is 4.36. The van der Waals surface area contributed by atoms with E-state index in [0.29, 0.717) is 5.88 Å². The number of rotatable bonds is 5. The summed E-state index contributed by atoms with van der Waals surface area (Å²) < 4.78 is 0. The number of amides is 1. The lowest BCUT2D eigenvalue weighted by Crippen LogP contribution is -2.51. The average molecular weight is 343 g/mol. The Kier molecular flexibility index (Phi) is 6.13. The summed E-state index contributed by atoms with van der Waals surface area (Å²) >= 11 is 12.3. The third kappa shape index (κ3) is 3.76. The first-order valence-corrected chi connectivity index (χ1v) is 8.67. The molecule has 0 spiro atoms. The minimum Gasteiger partial charge on any atom is -0.307 e. The van der Waals surface area contributed by atoms with E-state index in [4.69, 9.17) is 23.2 Å². The number of anilines is 1. The summed E-state index contributed by atoms with van der Waals surface area (Å²) in [7, 11) is 4.09. The number of carbonyl (C=O) groups is 1. The summed E-state index contributed by atoms with van der Waals surface area (Å²) in [4.78, 5) is 17.0. The van der Waals surface area contributed by atoms with Crippen molar-refractivity contribution in [2.75, 3.05) is 24.9 Å². The number of hydrogen-bond acceptors (Lipinski definition) is 2. The quantitative estimate of drug-likeness (QED) is 0.763. The maximum atomic E-state index is 12.9. The molecule has 0 radical (unpaired) electrons. The van der Waals surface area contributed by atoms with Gasteiger partial charge in [0.05, 0.1) is 6.04 Å². The molecule has 4 atom stereocenters. The van der Waals surface area contributed by atoms with E-state index in [1.165, 1.54) is 0 Å². The van der Waals surface area contributed by atoms with Crippen LogP contribution in [0.4, 0.5) is 5.69 Å². The highest BCUT2D eigenvalue weighted by Gasteiger charge is 2.41. The van der Waals surface area contributed by atoms with Gasteiger partial charge in [-0.25, -0.2) is 0 Å². The first-order chi connectivity index (χ1) is 10.5. The Morgan fingerprint density at radius 3 is 2.36 bits per heavy atom. The van der Waals surface area contributed by atoms with Gasteiger partial charge in [0.25, 0.3) is 0 Å². The summed E-state index contributed by atoms with van der Waals surface area (Å²) in [6.07, 6.45) is 1.70. The largest absolute Gasteiger partial charge is 0.307 e. The van der Waals surface area contributed by atoms with Crippen LogP contribution in [0.25, 0.3) is 0 Å². The number of benzene rings is 1. The average Bonchev–Trinajstić information content (AvgIpc) is 2.89. The molecular weight excluding hydrogens is 319 g/mol. The molecule has 4 unspecified atom stereocenters. The van der Waals surface area contributed by atoms with Crippen molar-refractivity contribution in [2.24, 2.45) is 5.92 Å². The normalized spacial score (nSPS) is 26.2. The lowest BCUT2D eigenvalue weighted by Gasteiger charge is -2.37. The van der Waals surface area contributed by atoms with E-state index in [1.54, 1.807) is 0 Å². The van der Waals surface area contributed by atoms with E-state index in [9.17, 15) is 4.79 Å². The second kappa shape index (κ2) is 7.67. The Morgan fingerprint density at radius 2 is 1.82 bits per heavy atom. The predicted octanol–water partition coefficient (Wildman–Crippen LogP) is 3.59. The second-order valence-electron chi connectivity index (χ2n) is 6.27. The third-order valence-corrected chi connectivity index (χ3v) is 5.18. The van der Waals surface area contributed by atoms with Crippen LogP contribution in [0, 0.1) is 5.92 Å². The van der Waals surface area contributed by atoms with Crippen LogP contribution >= 0.6 is 23.2 Å². The minimum atomic E-state index is -0.209. The lowest BCUT2D eigenvalue weighted by molar-refractivity contribution is -0.122. The van der Waals surface area contributed by atoms with Crippen LogP contribution < -0.4 is 4.90 Å². The SMILES string of the molecule is CC(CCl)C(=O)N(c1ccccc1)C1CC(Cl)CC1N(C)C. The van der Waals surface area contributed by atoms with E-state index in [1.807, 2.05) is 56.3 Å². The van der Waals surface area contributed by atoms with Crippen molar-refractivity contribution in [1.29, 1.82) is 0 Å². The van der Waals surface area contributed by atoms with Crippen LogP contribution in [0.5, 0.6) is 0 Å². The Hall–Kier alpha value is -0.770. The zero-order valence-electron chi connectivity index (χ0n) is 13.4. The molecule has 2 rings (SSSR count). The van der Waals surface area contributed by atoms with Gasteiger partial charge in [-0.2, -0.15) is 0 Å². The molecule has 0 aromatic heterocycles. The maximum Gasteiger partial charge on any atom is 0.231 e. The van der Waals surface area contributed by atoms with Crippen molar-refractivity contribution in [3.8, 4) is 0 Å². The topological polar surface area (TPSA) is 23.6 Å². The Morgan fingerprint density at radius 1 is 1.23 bits per heavy atom. The molecule has 0 saturated heterocycles. The minimum absolute atomic E-state index is 0.0730. The van der Waals surface area contributed by atoms with Crippen LogP contribution in [0.15, 0.2) is 30.3 Å². The summed E-state index contributed by atoms with van der Waals surface area (Å²) in [6, 6.07) is 10.2. The molecule has 0 N–H and O–H groups in total. The Balaban J connectivity index is 2.38. The van der Waals surface area contributed by atoms with Gasteiger partial charge in [-0.3, -0.25) is 4.79 Å². The Bertz CT molecular complexity index is 495. The van der Waals surface area contributed by atoms with Crippen LogP contribution in [-0.4, -0.2) is 48.2 Å². The molecule has 1 aliphatic rings. The second-order valence-corrected chi connectivity index (χ2v) is 7.19. The monoisotopic (exact) mass is 342 g/mol. The molecule has 0 heterocycles. The zero-order chi connectivity index (χ0) is 16.3. The molecule has 0 aliphatic heterocycles. The van der Waals surface area contributed by atoms with Crippen molar-refractivity contribution in [3.63, 3.8) is 0 Å². The number of likely N-dealkylation sites (N-methyl/N-ethyl adjacent to an activating group) is 1. The van der Waals surface area contributed by atoms with Gasteiger partial charge in [0.1, 0.15) is 0 Å². The molecule has 3 nitrogen and oxygen atoms in total. The number of nitrogens with zero attached hydrogens (tertiary/aromatic N) is 2. The van der Waals surface area contributed by atoms with Gasteiger partial charge in [-0.1, -0.05) is 25.1 Å². The number of halogens is 2. The number of alkyl halides is 2. The van der Waals surface area contributed by atoms with Gasteiger partial charge >= 0.3 is 0 Å². The van der Waals surface area contributed by atoms with Crippen LogP contribution in [-0.2, 0) is 4.79 Å². The molecule has 1 aliphatic carbocycles. The van der Waals surface area contributed by atoms with Crippen LogP contribution in [0.2, 0.25) is 0 Å². The van der Waals surface area contributed by atoms with E-state index in [2.05, 4.69) is 4.90 Å². The van der Waals surface area contributed by atoms with Crippen molar-refractivity contribution in [2.45, 2.75) is 37.2 Å². The van der Waals surface area contributed by atoms with Crippen molar-refractivity contribution >= 4 is 34.8 Å². The standard InChI is InChI=1S/C17H24Cl2N2O/c1-12(11-18)17(22)21(14-7-5-4-6-8-14)16-10-13(19)9-15(16)20(2)3/h4-8,12-13,15-16H,9-11H2,1-3H3. The van der Waals surface area contributed by atoms with E-state index >= 15 is 0 Å². The number of carbonyl (C=O) groups excluding carboxylic acids is 1. The van der Waals surface area contributed by atoms with E-state index in [0.717, 1.165) is 18.5 Å². The lowest BCUT2D eigenvalue weighted by atomic mass is 10.0. The fourth-order valence-electron chi connectivity index (χ4n) is 3.14. The summed E-state index contributed by atoms with van der Waals surface area (Å²) in [5.41, 5.74) is 0.923. The van der Waals surface area contributed by atoms with E-state index < -0.39 is 0 Å². The highest BCUT2D eigenvalue weighted by Crippen LogP contribution is 2.34. The fourth-order valence-corrected chi connectivity index (χ4v) is 3.64. The van der Waals surface area contributed by atoms with Crippen molar-refractivity contribution < 1.29 is 4.79 Å². The van der Waals surface area contributed by atoms with Crippen LogP contribution in [0.1, 0.15) is 19.8 Å².